The number of nitrogens with zero attached hydrogens (tertiary/aromatic N) is 2. The molecule has 1 amide bonds. The highest BCUT2D eigenvalue weighted by molar-refractivity contribution is 7.99. The number of hydrogen-bond acceptors (Lipinski definition) is 7. The number of anilines is 1. The number of amides is 1. The number of halogens is 1. The summed E-state index contributed by atoms with van der Waals surface area (Å²) in [4.78, 5) is 29.7. The quantitative estimate of drug-likeness (QED) is 0.427. The normalized spacial score (nSPS) is 11.0. The lowest BCUT2D eigenvalue weighted by Crippen LogP contribution is -2.25. The van der Waals surface area contributed by atoms with E-state index in [4.69, 9.17) is 21.1 Å². The molecule has 0 aliphatic carbocycles. The number of thiophene rings is 1. The topological polar surface area (TPSA) is 82.4 Å². The van der Waals surface area contributed by atoms with Crippen molar-refractivity contribution in [3.8, 4) is 5.75 Å². The van der Waals surface area contributed by atoms with Gasteiger partial charge in [0, 0.05) is 12.1 Å². The second kappa shape index (κ2) is 9.42. The number of hydrogen-bond donors (Lipinski definition) is 1. The van der Waals surface area contributed by atoms with E-state index in [0.717, 1.165) is 0 Å². The lowest BCUT2D eigenvalue weighted by molar-refractivity contribution is -0.113. The third kappa shape index (κ3) is 4.67. The molecular weight excluding hydrogens is 422 g/mol. The third-order valence-corrected chi connectivity index (χ3v) is 5.92. The molecule has 3 aromatic rings. The van der Waals surface area contributed by atoms with Gasteiger partial charge in [-0.25, -0.2) is 4.98 Å². The summed E-state index contributed by atoms with van der Waals surface area (Å²) in [5.41, 5.74) is 0.984. The average Bonchev–Trinajstić information content (AvgIpc) is 3.15. The Bertz CT molecular complexity index is 1050. The molecular formula is C18H18ClN3O4S2. The van der Waals surface area contributed by atoms with E-state index in [0.29, 0.717) is 45.0 Å². The Labute approximate surface area is 174 Å². The van der Waals surface area contributed by atoms with Crippen LogP contribution in [0.3, 0.4) is 0 Å². The maximum absolute atomic E-state index is 12.7. The van der Waals surface area contributed by atoms with Gasteiger partial charge in [-0.1, -0.05) is 23.4 Å². The monoisotopic (exact) mass is 439 g/mol. The predicted octanol–water partition coefficient (Wildman–Crippen LogP) is 3.50. The lowest BCUT2D eigenvalue weighted by Gasteiger charge is -2.12. The van der Waals surface area contributed by atoms with Gasteiger partial charge in [0.05, 0.1) is 37.2 Å². The van der Waals surface area contributed by atoms with Gasteiger partial charge < -0.3 is 14.8 Å². The predicted molar refractivity (Wildman–Crippen MR) is 113 cm³/mol. The van der Waals surface area contributed by atoms with Crippen LogP contribution in [0, 0.1) is 0 Å². The molecule has 7 nitrogen and oxygen atoms in total. The highest BCUT2D eigenvalue weighted by atomic mass is 35.5. The molecule has 148 valence electrons. The number of benzene rings is 1. The zero-order valence-corrected chi connectivity index (χ0v) is 17.6. The van der Waals surface area contributed by atoms with Crippen molar-refractivity contribution in [1.29, 1.82) is 0 Å². The van der Waals surface area contributed by atoms with Crippen LogP contribution in [0.5, 0.6) is 5.75 Å². The molecule has 10 heteroatoms. The van der Waals surface area contributed by atoms with E-state index in [1.807, 2.05) is 5.38 Å². The molecule has 0 saturated carbocycles. The number of carbonyl (C=O) groups is 1. The van der Waals surface area contributed by atoms with Gasteiger partial charge in [0.15, 0.2) is 5.16 Å². The Morgan fingerprint density at radius 1 is 1.36 bits per heavy atom. The van der Waals surface area contributed by atoms with E-state index in [-0.39, 0.29) is 17.2 Å². The van der Waals surface area contributed by atoms with Crippen LogP contribution < -0.4 is 15.6 Å². The molecule has 2 heterocycles. The summed E-state index contributed by atoms with van der Waals surface area (Å²) in [5, 5.41) is 5.56. The molecule has 0 aliphatic rings. The Morgan fingerprint density at radius 2 is 2.18 bits per heavy atom. The summed E-state index contributed by atoms with van der Waals surface area (Å²) in [5.74, 6) is 0.325. The number of rotatable bonds is 8. The first-order valence-electron chi connectivity index (χ1n) is 8.26. The van der Waals surface area contributed by atoms with Crippen molar-refractivity contribution in [2.75, 3.05) is 31.9 Å². The number of nitrogens with one attached hydrogen (secondary N) is 1. The molecule has 0 saturated heterocycles. The molecule has 0 spiro atoms. The zero-order valence-electron chi connectivity index (χ0n) is 15.2. The fourth-order valence-corrected chi connectivity index (χ4v) is 4.28. The van der Waals surface area contributed by atoms with Crippen molar-refractivity contribution in [3.05, 3.63) is 45.0 Å². The van der Waals surface area contributed by atoms with E-state index in [1.165, 1.54) is 30.2 Å². The maximum Gasteiger partial charge on any atom is 0.272 e. The van der Waals surface area contributed by atoms with E-state index >= 15 is 0 Å². The first-order valence-corrected chi connectivity index (χ1v) is 10.5. The summed E-state index contributed by atoms with van der Waals surface area (Å²) < 4.78 is 12.5. The molecule has 0 unspecified atom stereocenters. The molecule has 2 aromatic heterocycles. The van der Waals surface area contributed by atoms with Gasteiger partial charge in [-0.3, -0.25) is 14.2 Å². The summed E-state index contributed by atoms with van der Waals surface area (Å²) >= 11 is 8.53. The molecule has 0 radical (unpaired) electrons. The number of methoxy groups -OCH3 is 2. The van der Waals surface area contributed by atoms with Crippen LogP contribution in [0.25, 0.3) is 10.2 Å². The van der Waals surface area contributed by atoms with Crippen molar-refractivity contribution >= 4 is 56.5 Å². The van der Waals surface area contributed by atoms with Gasteiger partial charge >= 0.3 is 0 Å². The summed E-state index contributed by atoms with van der Waals surface area (Å²) in [7, 11) is 3.09. The van der Waals surface area contributed by atoms with E-state index in [2.05, 4.69) is 10.3 Å². The highest BCUT2D eigenvalue weighted by Gasteiger charge is 2.15. The molecule has 28 heavy (non-hydrogen) atoms. The van der Waals surface area contributed by atoms with Gasteiger partial charge in [-0.15, -0.1) is 11.3 Å². The molecule has 0 aliphatic heterocycles. The van der Waals surface area contributed by atoms with Gasteiger partial charge in [-0.2, -0.15) is 0 Å². The zero-order chi connectivity index (χ0) is 20.1. The van der Waals surface area contributed by atoms with Crippen LogP contribution in [-0.2, 0) is 16.1 Å². The molecule has 1 aromatic carbocycles. The molecule has 0 atom stereocenters. The smallest absolute Gasteiger partial charge is 0.272 e. The third-order valence-electron chi connectivity index (χ3n) is 3.82. The van der Waals surface area contributed by atoms with Crippen LogP contribution in [0.15, 0.2) is 39.6 Å². The van der Waals surface area contributed by atoms with Crippen molar-refractivity contribution < 1.29 is 14.3 Å². The van der Waals surface area contributed by atoms with Gasteiger partial charge in [0.2, 0.25) is 5.91 Å². The lowest BCUT2D eigenvalue weighted by atomic mass is 10.3. The van der Waals surface area contributed by atoms with Crippen LogP contribution in [0.2, 0.25) is 5.02 Å². The van der Waals surface area contributed by atoms with E-state index in [9.17, 15) is 9.59 Å². The van der Waals surface area contributed by atoms with Crippen molar-refractivity contribution in [2.45, 2.75) is 11.7 Å². The Balaban J connectivity index is 1.78. The molecule has 3 rings (SSSR count). The molecule has 0 fully saturated rings. The minimum atomic E-state index is -0.261. The van der Waals surface area contributed by atoms with Crippen LogP contribution >= 0.6 is 34.7 Å². The van der Waals surface area contributed by atoms with Gasteiger partial charge in [0.1, 0.15) is 10.4 Å². The second-order valence-electron chi connectivity index (χ2n) is 5.66. The van der Waals surface area contributed by atoms with Crippen molar-refractivity contribution in [1.82, 2.24) is 9.55 Å². The van der Waals surface area contributed by atoms with Gasteiger partial charge in [-0.05, 0) is 29.6 Å². The fourth-order valence-electron chi connectivity index (χ4n) is 2.51. The first kappa shape index (κ1) is 20.7. The number of aromatic nitrogens is 2. The SMILES string of the molecule is COCCn1c(SCC(=O)Nc2cc(Cl)ccc2OC)nc2ccsc2c1=O. The Kier molecular flexibility index (Phi) is 6.95. The Morgan fingerprint density at radius 3 is 2.93 bits per heavy atom. The van der Waals surface area contributed by atoms with Crippen molar-refractivity contribution in [2.24, 2.45) is 0 Å². The number of thioether (sulfide) groups is 1. The Hall–Kier alpha value is -2.07. The van der Waals surface area contributed by atoms with Crippen molar-refractivity contribution in [3.63, 3.8) is 0 Å². The fraction of sp³-hybridized carbons (Fsp3) is 0.278. The molecule has 0 bridgehead atoms. The number of fused-ring (bicyclic) bond motifs is 1. The average molecular weight is 440 g/mol. The number of ether oxygens (including phenoxy) is 2. The summed E-state index contributed by atoms with van der Waals surface area (Å²) in [6.45, 7) is 0.736. The van der Waals surface area contributed by atoms with E-state index in [1.54, 1.807) is 35.9 Å². The van der Waals surface area contributed by atoms with Crippen LogP contribution in [0.4, 0.5) is 5.69 Å². The number of carbonyl (C=O) groups excluding carboxylic acids is 1. The van der Waals surface area contributed by atoms with Crippen LogP contribution in [-0.4, -0.2) is 42.0 Å². The summed E-state index contributed by atoms with van der Waals surface area (Å²) in [6.07, 6.45) is 0. The summed E-state index contributed by atoms with van der Waals surface area (Å²) in [6, 6.07) is 6.77. The largest absolute Gasteiger partial charge is 0.495 e. The standard InChI is InChI=1S/C18H18ClN3O4S2/c1-25-7-6-22-17(24)16-12(5-8-27-16)21-18(22)28-10-15(23)20-13-9-11(19)3-4-14(13)26-2/h3-5,8-9H,6-7,10H2,1-2H3,(H,20,23). The van der Waals surface area contributed by atoms with Crippen LogP contribution in [0.1, 0.15) is 0 Å². The van der Waals surface area contributed by atoms with Gasteiger partial charge in [0.25, 0.3) is 5.56 Å². The van der Waals surface area contributed by atoms with E-state index < -0.39 is 0 Å². The second-order valence-corrected chi connectivity index (χ2v) is 7.96. The minimum absolute atomic E-state index is 0.0741. The molecule has 1 N–H and O–H groups in total. The highest BCUT2D eigenvalue weighted by Crippen LogP contribution is 2.28. The first-order chi connectivity index (χ1) is 13.5. The minimum Gasteiger partial charge on any atom is -0.495 e. The maximum atomic E-state index is 12.7.